The lowest BCUT2D eigenvalue weighted by molar-refractivity contribution is -0.145. The lowest BCUT2D eigenvalue weighted by Gasteiger charge is -2.39. The monoisotopic (exact) mass is 438 g/mol. The molecule has 0 aliphatic carbocycles. The molecule has 1 aliphatic heterocycles. The molecular formula is C23H22N2O5S. The minimum absolute atomic E-state index is 0.0666. The van der Waals surface area contributed by atoms with E-state index >= 15 is 0 Å². The fourth-order valence-corrected chi connectivity index (χ4v) is 3.27. The van der Waals surface area contributed by atoms with E-state index < -0.39 is 23.8 Å². The first-order valence-corrected chi connectivity index (χ1v) is 10.0. The van der Waals surface area contributed by atoms with Crippen LogP contribution in [0.2, 0.25) is 0 Å². The molecule has 2 aromatic carbocycles. The van der Waals surface area contributed by atoms with Crippen molar-refractivity contribution >= 4 is 35.0 Å². The van der Waals surface area contributed by atoms with E-state index in [4.69, 9.17) is 21.7 Å². The summed E-state index contributed by atoms with van der Waals surface area (Å²) in [4.78, 5) is 38.7. The van der Waals surface area contributed by atoms with Crippen molar-refractivity contribution in [3.63, 3.8) is 0 Å². The molecule has 7 nitrogen and oxygen atoms in total. The van der Waals surface area contributed by atoms with Gasteiger partial charge in [0.15, 0.2) is 12.6 Å². The first kappa shape index (κ1) is 22.2. The maximum Gasteiger partial charge on any atom is 0.355 e. The van der Waals surface area contributed by atoms with Crippen LogP contribution in [0.1, 0.15) is 19.4 Å². The van der Waals surface area contributed by atoms with E-state index in [0.717, 1.165) is 10.5 Å². The number of carbonyl (C=O) groups excluding carboxylic acids is 3. The molecule has 0 spiro atoms. The third-order valence-electron chi connectivity index (χ3n) is 4.46. The number of thiocarbonyl (C=S) groups is 1. The summed E-state index contributed by atoms with van der Waals surface area (Å²) in [6.07, 6.45) is 0. The molecule has 0 bridgehead atoms. The maximum absolute atomic E-state index is 12.6. The van der Waals surface area contributed by atoms with Gasteiger partial charge in [-0.2, -0.15) is 0 Å². The van der Waals surface area contributed by atoms with Gasteiger partial charge in [-0.3, -0.25) is 14.5 Å². The highest BCUT2D eigenvalue weighted by Gasteiger charge is 2.48. The van der Waals surface area contributed by atoms with Crippen LogP contribution in [-0.4, -0.2) is 40.3 Å². The van der Waals surface area contributed by atoms with Crippen molar-refractivity contribution < 1.29 is 23.9 Å². The molecule has 1 N–H and O–H groups in total. The molecule has 0 radical (unpaired) electrons. The van der Waals surface area contributed by atoms with Gasteiger partial charge < -0.3 is 14.8 Å². The molecule has 1 unspecified atom stereocenters. The minimum Gasteiger partial charge on any atom is -0.484 e. The van der Waals surface area contributed by atoms with Crippen LogP contribution in [-0.2, 0) is 25.7 Å². The zero-order chi connectivity index (χ0) is 22.4. The minimum atomic E-state index is -0.988. The lowest BCUT2D eigenvalue weighted by Crippen LogP contribution is -2.67. The first-order valence-electron chi connectivity index (χ1n) is 9.62. The van der Waals surface area contributed by atoms with Gasteiger partial charge in [0.1, 0.15) is 23.0 Å². The number of likely N-dealkylation sites (tertiary alicyclic amines) is 1. The van der Waals surface area contributed by atoms with Gasteiger partial charge in [-0.1, -0.05) is 60.7 Å². The summed E-state index contributed by atoms with van der Waals surface area (Å²) in [7, 11) is 0. The van der Waals surface area contributed by atoms with Crippen LogP contribution in [0.15, 0.2) is 71.9 Å². The number of hydrogen-bond acceptors (Lipinski definition) is 6. The third-order valence-corrected chi connectivity index (χ3v) is 4.87. The van der Waals surface area contributed by atoms with Gasteiger partial charge in [0, 0.05) is 0 Å². The van der Waals surface area contributed by atoms with Crippen molar-refractivity contribution in [3.05, 3.63) is 77.5 Å². The van der Waals surface area contributed by atoms with Crippen LogP contribution in [0, 0.1) is 0 Å². The Morgan fingerprint density at radius 2 is 1.65 bits per heavy atom. The summed E-state index contributed by atoms with van der Waals surface area (Å²) >= 11 is 5.30. The first-order chi connectivity index (χ1) is 14.9. The van der Waals surface area contributed by atoms with E-state index in [-0.39, 0.29) is 23.9 Å². The summed E-state index contributed by atoms with van der Waals surface area (Å²) in [5.41, 5.74) is 1.47. The van der Waals surface area contributed by atoms with E-state index in [1.54, 1.807) is 38.1 Å². The zero-order valence-corrected chi connectivity index (χ0v) is 18.0. The van der Waals surface area contributed by atoms with Crippen molar-refractivity contribution in [2.45, 2.75) is 26.5 Å². The number of allylic oxidation sites excluding steroid dienone is 1. The van der Waals surface area contributed by atoms with Gasteiger partial charge in [-0.15, -0.1) is 0 Å². The molecular weight excluding hydrogens is 416 g/mol. The van der Waals surface area contributed by atoms with Crippen molar-refractivity contribution in [2.24, 2.45) is 0 Å². The highest BCUT2D eigenvalue weighted by molar-refractivity contribution is 7.80. The van der Waals surface area contributed by atoms with Crippen LogP contribution >= 0.6 is 12.2 Å². The molecule has 8 heteroatoms. The van der Waals surface area contributed by atoms with Gasteiger partial charge in [-0.05, 0) is 37.1 Å². The average molecular weight is 439 g/mol. The van der Waals surface area contributed by atoms with Crippen molar-refractivity contribution in [1.82, 2.24) is 10.2 Å². The number of carbonyl (C=O) groups is 3. The smallest absolute Gasteiger partial charge is 0.355 e. The van der Waals surface area contributed by atoms with Gasteiger partial charge in [0.25, 0.3) is 11.8 Å². The normalized spacial score (nSPS) is 15.0. The zero-order valence-electron chi connectivity index (χ0n) is 17.2. The molecule has 31 heavy (non-hydrogen) atoms. The molecule has 0 aromatic heterocycles. The molecule has 3 rings (SSSR count). The summed E-state index contributed by atoms with van der Waals surface area (Å²) in [6.45, 7) is 3.19. The van der Waals surface area contributed by atoms with E-state index in [0.29, 0.717) is 11.3 Å². The molecule has 160 valence electrons. The molecule has 2 amide bonds. The topological polar surface area (TPSA) is 84.9 Å². The summed E-state index contributed by atoms with van der Waals surface area (Å²) in [6, 6.07) is 17.1. The van der Waals surface area contributed by atoms with E-state index in [2.05, 4.69) is 5.32 Å². The second kappa shape index (κ2) is 9.99. The number of nitrogens with one attached hydrogen (secondary N) is 1. The Hall–Kier alpha value is -3.52. The predicted molar refractivity (Wildman–Crippen MR) is 118 cm³/mol. The van der Waals surface area contributed by atoms with E-state index in [1.165, 1.54) is 0 Å². The van der Waals surface area contributed by atoms with Crippen LogP contribution in [0.4, 0.5) is 0 Å². The van der Waals surface area contributed by atoms with E-state index in [9.17, 15) is 14.4 Å². The highest BCUT2D eigenvalue weighted by Crippen LogP contribution is 2.25. The molecule has 1 heterocycles. The van der Waals surface area contributed by atoms with Gasteiger partial charge in [0.05, 0.1) is 0 Å². The van der Waals surface area contributed by atoms with Gasteiger partial charge in [0.2, 0.25) is 0 Å². The number of para-hydroxylation sites is 1. The molecule has 1 saturated heterocycles. The third kappa shape index (κ3) is 5.35. The number of rotatable bonds is 8. The number of nitrogens with zero attached hydrogens (tertiary/aromatic N) is 1. The number of hydrogen-bond donors (Lipinski definition) is 1. The van der Waals surface area contributed by atoms with Crippen molar-refractivity contribution in [2.75, 3.05) is 6.61 Å². The Morgan fingerprint density at radius 3 is 2.23 bits per heavy atom. The number of benzene rings is 2. The molecule has 1 atom stereocenters. The fourth-order valence-electron chi connectivity index (χ4n) is 2.93. The molecule has 0 saturated carbocycles. The SMILES string of the molecule is CC(C)=C(C(=O)OCc1ccccc1)N1C(=O)C(NC(=O)COc2ccccc2)C1=S. The Labute approximate surface area is 185 Å². The van der Waals surface area contributed by atoms with Gasteiger partial charge >= 0.3 is 5.97 Å². The second-order valence-corrected chi connectivity index (χ2v) is 7.44. The van der Waals surface area contributed by atoms with Gasteiger partial charge in [-0.25, -0.2) is 4.79 Å². The van der Waals surface area contributed by atoms with Crippen LogP contribution in [0.5, 0.6) is 5.75 Å². The number of β-lactam (4-membered cyclic amide) rings is 1. The highest BCUT2D eigenvalue weighted by atomic mass is 32.1. The van der Waals surface area contributed by atoms with E-state index in [1.807, 2.05) is 36.4 Å². The van der Waals surface area contributed by atoms with Crippen LogP contribution in [0.25, 0.3) is 0 Å². The summed E-state index contributed by atoms with van der Waals surface area (Å²) in [5, 5.41) is 2.54. The second-order valence-electron chi connectivity index (χ2n) is 7.02. The lowest BCUT2D eigenvalue weighted by atomic mass is 10.0. The van der Waals surface area contributed by atoms with Crippen LogP contribution < -0.4 is 10.1 Å². The molecule has 1 aliphatic rings. The number of amides is 2. The quantitative estimate of drug-likeness (QED) is 0.295. The summed E-state index contributed by atoms with van der Waals surface area (Å²) in [5.74, 6) is -1.10. The Kier molecular flexibility index (Phi) is 7.15. The predicted octanol–water partition coefficient (Wildman–Crippen LogP) is 2.76. The number of ether oxygens (including phenoxy) is 2. The standard InChI is InChI=1S/C23H22N2O5S/c1-15(2)20(23(28)30-13-16-9-5-3-6-10-16)25-21(27)19(22(25)31)24-18(26)14-29-17-11-7-4-8-12-17/h3-12,19H,13-14H2,1-2H3,(H,24,26). The Balaban J connectivity index is 1.57. The van der Waals surface area contributed by atoms with Crippen molar-refractivity contribution in [3.8, 4) is 5.75 Å². The molecule has 2 aromatic rings. The Bertz CT molecular complexity index is 1000. The average Bonchev–Trinajstić information content (AvgIpc) is 2.79. The molecule has 1 fully saturated rings. The number of esters is 1. The van der Waals surface area contributed by atoms with Crippen LogP contribution in [0.3, 0.4) is 0 Å². The Morgan fingerprint density at radius 1 is 1.03 bits per heavy atom. The van der Waals surface area contributed by atoms with Crippen molar-refractivity contribution in [1.29, 1.82) is 0 Å². The largest absolute Gasteiger partial charge is 0.484 e. The summed E-state index contributed by atoms with van der Waals surface area (Å²) < 4.78 is 10.7. The maximum atomic E-state index is 12.6. The fraction of sp³-hybridized carbons (Fsp3) is 0.217.